The molecule has 1 N–H and O–H groups in total. The summed E-state index contributed by atoms with van der Waals surface area (Å²) in [6.45, 7) is 7.88. The lowest BCUT2D eigenvalue weighted by Gasteiger charge is -2.38. The van der Waals surface area contributed by atoms with Crippen molar-refractivity contribution in [3.63, 3.8) is 0 Å². The van der Waals surface area contributed by atoms with E-state index in [1.165, 1.54) is 5.56 Å². The van der Waals surface area contributed by atoms with E-state index < -0.39 is 6.10 Å². The monoisotopic (exact) mass is 356 g/mol. The molecule has 2 aliphatic rings. The molecule has 0 aliphatic carbocycles. The molecule has 1 aromatic heterocycles. The molecule has 7 nitrogen and oxygen atoms in total. The Bertz CT molecular complexity index is 758. The van der Waals surface area contributed by atoms with Crippen molar-refractivity contribution in [2.75, 3.05) is 37.9 Å². The molecule has 26 heavy (non-hydrogen) atoms. The number of aliphatic hydroxyl groups excluding tert-OH is 1. The van der Waals surface area contributed by atoms with Gasteiger partial charge in [0.25, 0.3) is 0 Å². The number of aromatic nitrogens is 2. The van der Waals surface area contributed by atoms with Gasteiger partial charge in [0, 0.05) is 50.2 Å². The van der Waals surface area contributed by atoms with Gasteiger partial charge < -0.3 is 19.5 Å². The lowest BCUT2D eigenvalue weighted by Crippen LogP contribution is -2.47. The maximum atomic E-state index is 9.57. The van der Waals surface area contributed by atoms with Crippen LogP contribution in [0.5, 0.6) is 11.5 Å². The maximum absolute atomic E-state index is 9.57. The van der Waals surface area contributed by atoms with Gasteiger partial charge in [0.1, 0.15) is 0 Å². The van der Waals surface area contributed by atoms with Gasteiger partial charge in [-0.2, -0.15) is 0 Å². The maximum Gasteiger partial charge on any atom is 0.231 e. The van der Waals surface area contributed by atoms with Crippen molar-refractivity contribution >= 4 is 5.95 Å². The van der Waals surface area contributed by atoms with Gasteiger partial charge in [-0.25, -0.2) is 9.97 Å². The minimum absolute atomic E-state index is 0.305. The lowest BCUT2D eigenvalue weighted by molar-refractivity contribution is 0.173. The first-order chi connectivity index (χ1) is 12.6. The van der Waals surface area contributed by atoms with E-state index in [0.717, 1.165) is 49.2 Å². The summed E-state index contributed by atoms with van der Waals surface area (Å²) in [5.41, 5.74) is 1.98. The molecule has 2 aromatic rings. The van der Waals surface area contributed by atoms with Gasteiger partial charge in [0.2, 0.25) is 12.7 Å². The van der Waals surface area contributed by atoms with Gasteiger partial charge in [0.05, 0.1) is 6.10 Å². The van der Waals surface area contributed by atoms with Gasteiger partial charge in [-0.1, -0.05) is 6.07 Å². The van der Waals surface area contributed by atoms with Crippen LogP contribution < -0.4 is 14.4 Å². The predicted molar refractivity (Wildman–Crippen MR) is 97.4 cm³/mol. The molecule has 3 heterocycles. The van der Waals surface area contributed by atoms with Crippen LogP contribution >= 0.6 is 0 Å². The van der Waals surface area contributed by atoms with E-state index in [0.29, 0.717) is 12.8 Å². The zero-order chi connectivity index (χ0) is 18.1. The Labute approximate surface area is 153 Å². The number of nitrogens with zero attached hydrogens (tertiary/aromatic N) is 4. The predicted octanol–water partition coefficient (Wildman–Crippen LogP) is 2.14. The average molecular weight is 356 g/mol. The summed E-state index contributed by atoms with van der Waals surface area (Å²) in [6.07, 6.45) is 2.87. The molecule has 7 heteroatoms. The lowest BCUT2D eigenvalue weighted by atomic mass is 10.1. The third-order valence-electron chi connectivity index (χ3n) is 5.16. The van der Waals surface area contributed by atoms with E-state index in [-0.39, 0.29) is 0 Å². The van der Waals surface area contributed by atoms with Crippen molar-refractivity contribution in [2.24, 2.45) is 0 Å². The Morgan fingerprint density at radius 3 is 2.35 bits per heavy atom. The number of aliphatic hydroxyl groups is 1. The summed E-state index contributed by atoms with van der Waals surface area (Å²) in [7, 11) is 0. The van der Waals surface area contributed by atoms with Crippen LogP contribution in [0.25, 0.3) is 0 Å². The number of anilines is 1. The Morgan fingerprint density at radius 1 is 0.962 bits per heavy atom. The van der Waals surface area contributed by atoms with Crippen LogP contribution in [0.15, 0.2) is 30.6 Å². The summed E-state index contributed by atoms with van der Waals surface area (Å²) < 4.78 is 10.9. The molecule has 0 bridgehead atoms. The zero-order valence-electron chi connectivity index (χ0n) is 15.1. The fourth-order valence-electron chi connectivity index (χ4n) is 3.40. The van der Waals surface area contributed by atoms with Crippen LogP contribution in [0.4, 0.5) is 5.95 Å². The summed E-state index contributed by atoms with van der Waals surface area (Å²) in [5.74, 6) is 2.38. The highest BCUT2D eigenvalue weighted by molar-refractivity contribution is 5.45. The number of fused-ring (bicyclic) bond motifs is 1. The van der Waals surface area contributed by atoms with Crippen molar-refractivity contribution < 1.29 is 14.6 Å². The van der Waals surface area contributed by atoms with Crippen LogP contribution in [-0.2, 0) is 0 Å². The summed E-state index contributed by atoms with van der Waals surface area (Å²) in [5, 5.41) is 9.57. The minimum atomic E-state index is -0.538. The Kier molecular flexibility index (Phi) is 4.65. The quantitative estimate of drug-likeness (QED) is 0.900. The molecule has 0 saturated carbocycles. The van der Waals surface area contributed by atoms with E-state index in [4.69, 9.17) is 9.47 Å². The Hall–Kier alpha value is -2.38. The number of ether oxygens (including phenoxy) is 2. The molecule has 1 saturated heterocycles. The first-order valence-electron chi connectivity index (χ1n) is 9.00. The molecule has 2 aliphatic heterocycles. The molecule has 4 rings (SSSR count). The van der Waals surface area contributed by atoms with Crippen molar-refractivity contribution in [3.05, 3.63) is 41.7 Å². The fourth-order valence-corrected chi connectivity index (χ4v) is 3.40. The van der Waals surface area contributed by atoms with Crippen LogP contribution in [-0.4, -0.2) is 52.9 Å². The SMILES string of the molecule is CC(O)c1cnc(N2CCN(C(C)c3ccc4c(c3)OCO4)CC2)nc1. The van der Waals surface area contributed by atoms with Crippen LogP contribution in [0.1, 0.15) is 37.1 Å². The van der Waals surface area contributed by atoms with Gasteiger partial charge in [-0.05, 0) is 31.5 Å². The first kappa shape index (κ1) is 17.1. The molecule has 0 amide bonds. The Balaban J connectivity index is 1.38. The minimum Gasteiger partial charge on any atom is -0.454 e. The van der Waals surface area contributed by atoms with E-state index in [1.54, 1.807) is 19.3 Å². The van der Waals surface area contributed by atoms with E-state index in [2.05, 4.69) is 38.8 Å². The zero-order valence-corrected chi connectivity index (χ0v) is 15.1. The molecule has 0 spiro atoms. The highest BCUT2D eigenvalue weighted by Gasteiger charge is 2.25. The van der Waals surface area contributed by atoms with Crippen molar-refractivity contribution in [1.29, 1.82) is 0 Å². The number of hydrogen-bond acceptors (Lipinski definition) is 7. The molecule has 2 unspecified atom stereocenters. The number of hydrogen-bond donors (Lipinski definition) is 1. The van der Waals surface area contributed by atoms with Crippen LogP contribution in [0.3, 0.4) is 0 Å². The standard InChI is InChI=1S/C19H24N4O3/c1-13(15-3-4-17-18(9-15)26-12-25-17)22-5-7-23(8-6-22)19-20-10-16(11-21-19)14(2)24/h3-4,9-11,13-14,24H,5-8,12H2,1-2H3. The third-order valence-corrected chi connectivity index (χ3v) is 5.16. The second-order valence-electron chi connectivity index (χ2n) is 6.80. The molecule has 0 radical (unpaired) electrons. The first-order valence-corrected chi connectivity index (χ1v) is 9.00. The number of benzene rings is 1. The molecule has 1 aromatic carbocycles. The summed E-state index contributed by atoms with van der Waals surface area (Å²) >= 11 is 0. The van der Waals surface area contributed by atoms with Crippen molar-refractivity contribution in [1.82, 2.24) is 14.9 Å². The second kappa shape index (κ2) is 7.09. The molecular weight excluding hydrogens is 332 g/mol. The number of piperazine rings is 1. The van der Waals surface area contributed by atoms with Gasteiger partial charge >= 0.3 is 0 Å². The average Bonchev–Trinajstić information content (AvgIpc) is 3.15. The van der Waals surface area contributed by atoms with E-state index >= 15 is 0 Å². The number of rotatable bonds is 4. The van der Waals surface area contributed by atoms with Crippen LogP contribution in [0, 0.1) is 0 Å². The van der Waals surface area contributed by atoms with Crippen LogP contribution in [0.2, 0.25) is 0 Å². The molecule has 138 valence electrons. The topological polar surface area (TPSA) is 71.0 Å². The summed E-state index contributed by atoms with van der Waals surface area (Å²) in [6, 6.07) is 6.49. The Morgan fingerprint density at radius 2 is 1.65 bits per heavy atom. The molecular formula is C19H24N4O3. The van der Waals surface area contributed by atoms with Gasteiger partial charge in [-0.15, -0.1) is 0 Å². The molecule has 2 atom stereocenters. The highest BCUT2D eigenvalue weighted by Crippen LogP contribution is 2.35. The molecule has 1 fully saturated rings. The van der Waals surface area contributed by atoms with Crippen molar-refractivity contribution in [3.8, 4) is 11.5 Å². The summed E-state index contributed by atoms with van der Waals surface area (Å²) in [4.78, 5) is 13.4. The third kappa shape index (κ3) is 3.32. The van der Waals surface area contributed by atoms with Gasteiger partial charge in [0.15, 0.2) is 11.5 Å². The van der Waals surface area contributed by atoms with Crippen molar-refractivity contribution in [2.45, 2.75) is 26.0 Å². The normalized spacial score (nSPS) is 19.4. The van der Waals surface area contributed by atoms with Gasteiger partial charge in [-0.3, -0.25) is 4.90 Å². The van der Waals surface area contributed by atoms with E-state index in [1.807, 2.05) is 6.07 Å². The largest absolute Gasteiger partial charge is 0.454 e. The highest BCUT2D eigenvalue weighted by atomic mass is 16.7. The smallest absolute Gasteiger partial charge is 0.231 e. The fraction of sp³-hybridized carbons (Fsp3) is 0.474. The van der Waals surface area contributed by atoms with E-state index in [9.17, 15) is 5.11 Å². The second-order valence-corrected chi connectivity index (χ2v) is 6.80.